The lowest BCUT2D eigenvalue weighted by Crippen LogP contribution is -2.27. The molecule has 0 N–H and O–H groups in total. The minimum atomic E-state index is 0.0937. The third-order valence-electron chi connectivity index (χ3n) is 4.20. The number of rotatable bonds is 5. The van der Waals surface area contributed by atoms with E-state index in [-0.39, 0.29) is 5.91 Å². The van der Waals surface area contributed by atoms with Crippen LogP contribution in [0.4, 0.5) is 0 Å². The van der Waals surface area contributed by atoms with E-state index in [0.717, 1.165) is 22.3 Å². The number of hydrogen-bond donors (Lipinski definition) is 0. The van der Waals surface area contributed by atoms with Gasteiger partial charge < -0.3 is 9.64 Å². The van der Waals surface area contributed by atoms with Crippen LogP contribution in [0.25, 0.3) is 10.8 Å². The van der Waals surface area contributed by atoms with E-state index < -0.39 is 0 Å². The Kier molecular flexibility index (Phi) is 4.80. The lowest BCUT2D eigenvalue weighted by atomic mass is 10.0. The number of ether oxygens (including phenoxy) is 1. The van der Waals surface area contributed by atoms with Crippen molar-refractivity contribution in [3.63, 3.8) is 0 Å². The third-order valence-corrected chi connectivity index (χ3v) is 4.20. The van der Waals surface area contributed by atoms with Gasteiger partial charge in [-0.25, -0.2) is 0 Å². The van der Waals surface area contributed by atoms with Gasteiger partial charge >= 0.3 is 0 Å². The predicted molar refractivity (Wildman–Crippen MR) is 97.1 cm³/mol. The molecule has 0 aromatic heterocycles. The SMILES string of the molecule is COc1ccccc1CN(C)C(=O)Cc1ccc2ccccc2c1. The van der Waals surface area contributed by atoms with Crippen LogP contribution in [0.3, 0.4) is 0 Å². The lowest BCUT2D eigenvalue weighted by molar-refractivity contribution is -0.129. The number of likely N-dealkylation sites (N-methyl/N-ethyl adjacent to an activating group) is 1. The molecular formula is C21H21NO2. The first-order valence-electron chi connectivity index (χ1n) is 8.01. The van der Waals surface area contributed by atoms with Crippen LogP contribution >= 0.6 is 0 Å². The minimum absolute atomic E-state index is 0.0937. The molecule has 0 saturated carbocycles. The maximum absolute atomic E-state index is 12.5. The molecule has 122 valence electrons. The van der Waals surface area contributed by atoms with Gasteiger partial charge in [-0.3, -0.25) is 4.79 Å². The molecule has 0 aliphatic heterocycles. The summed E-state index contributed by atoms with van der Waals surface area (Å²) in [6.45, 7) is 0.538. The summed E-state index contributed by atoms with van der Waals surface area (Å²) in [6, 6.07) is 22.2. The summed E-state index contributed by atoms with van der Waals surface area (Å²) < 4.78 is 5.35. The monoisotopic (exact) mass is 319 g/mol. The van der Waals surface area contributed by atoms with E-state index in [1.807, 2.05) is 49.5 Å². The number of benzene rings is 3. The molecule has 24 heavy (non-hydrogen) atoms. The number of nitrogens with zero attached hydrogens (tertiary/aromatic N) is 1. The van der Waals surface area contributed by atoms with Crippen LogP contribution in [0.5, 0.6) is 5.75 Å². The molecule has 0 aliphatic rings. The molecule has 0 saturated heterocycles. The summed E-state index contributed by atoms with van der Waals surface area (Å²) in [5, 5.41) is 2.35. The molecule has 0 radical (unpaired) electrons. The fraction of sp³-hybridized carbons (Fsp3) is 0.190. The van der Waals surface area contributed by atoms with Crippen molar-refractivity contribution in [2.24, 2.45) is 0 Å². The molecular weight excluding hydrogens is 298 g/mol. The smallest absolute Gasteiger partial charge is 0.227 e. The van der Waals surface area contributed by atoms with Gasteiger partial charge in [0.2, 0.25) is 5.91 Å². The highest BCUT2D eigenvalue weighted by molar-refractivity contribution is 5.85. The van der Waals surface area contributed by atoms with Crippen LogP contribution in [0, 0.1) is 0 Å². The van der Waals surface area contributed by atoms with E-state index in [9.17, 15) is 4.79 Å². The maximum Gasteiger partial charge on any atom is 0.227 e. The number of amides is 1. The van der Waals surface area contributed by atoms with E-state index in [2.05, 4.69) is 24.3 Å². The average molecular weight is 319 g/mol. The molecule has 3 aromatic carbocycles. The highest BCUT2D eigenvalue weighted by atomic mass is 16.5. The van der Waals surface area contributed by atoms with Gasteiger partial charge in [-0.15, -0.1) is 0 Å². The van der Waals surface area contributed by atoms with E-state index in [4.69, 9.17) is 4.74 Å². The number of methoxy groups -OCH3 is 1. The Morgan fingerprint density at radius 3 is 2.46 bits per heavy atom. The first kappa shape index (κ1) is 16.1. The second kappa shape index (κ2) is 7.18. The molecule has 0 unspecified atom stereocenters. The number of hydrogen-bond acceptors (Lipinski definition) is 2. The second-order valence-corrected chi connectivity index (χ2v) is 5.92. The summed E-state index contributed by atoms with van der Waals surface area (Å²) >= 11 is 0. The van der Waals surface area contributed by atoms with Crippen molar-refractivity contribution >= 4 is 16.7 Å². The quantitative estimate of drug-likeness (QED) is 0.710. The van der Waals surface area contributed by atoms with E-state index in [1.54, 1.807) is 12.0 Å². The van der Waals surface area contributed by atoms with Crippen LogP contribution in [0.2, 0.25) is 0 Å². The zero-order valence-electron chi connectivity index (χ0n) is 14.0. The Morgan fingerprint density at radius 2 is 1.67 bits per heavy atom. The first-order chi connectivity index (χ1) is 11.7. The third kappa shape index (κ3) is 3.57. The zero-order valence-corrected chi connectivity index (χ0v) is 14.0. The standard InChI is InChI=1S/C21H21NO2/c1-22(15-19-9-5-6-10-20(19)24-2)21(23)14-16-11-12-17-7-3-4-8-18(17)13-16/h3-13H,14-15H2,1-2H3. The number of carbonyl (C=O) groups excluding carboxylic acids is 1. The molecule has 0 spiro atoms. The van der Waals surface area contributed by atoms with Crippen molar-refractivity contribution < 1.29 is 9.53 Å². The van der Waals surface area contributed by atoms with Crippen LogP contribution in [0.15, 0.2) is 66.7 Å². The van der Waals surface area contributed by atoms with Gasteiger partial charge in [0.1, 0.15) is 5.75 Å². The molecule has 3 nitrogen and oxygen atoms in total. The Morgan fingerprint density at radius 1 is 0.958 bits per heavy atom. The minimum Gasteiger partial charge on any atom is -0.496 e. The highest BCUT2D eigenvalue weighted by Crippen LogP contribution is 2.20. The van der Waals surface area contributed by atoms with Gasteiger partial charge in [0.15, 0.2) is 0 Å². The van der Waals surface area contributed by atoms with Crippen LogP contribution < -0.4 is 4.74 Å². The van der Waals surface area contributed by atoms with Crippen molar-refractivity contribution in [3.05, 3.63) is 77.9 Å². The topological polar surface area (TPSA) is 29.5 Å². The Labute approximate surface area is 142 Å². The fourth-order valence-corrected chi connectivity index (χ4v) is 2.84. The summed E-state index contributed by atoms with van der Waals surface area (Å²) in [6.07, 6.45) is 0.399. The molecule has 0 fully saturated rings. The van der Waals surface area contributed by atoms with Crippen molar-refractivity contribution in [3.8, 4) is 5.75 Å². The van der Waals surface area contributed by atoms with Gasteiger partial charge in [0, 0.05) is 19.2 Å². The molecule has 1 amide bonds. The summed E-state index contributed by atoms with van der Waals surface area (Å²) in [7, 11) is 3.48. The van der Waals surface area contributed by atoms with Gasteiger partial charge in [0.05, 0.1) is 13.5 Å². The Hall–Kier alpha value is -2.81. The van der Waals surface area contributed by atoms with E-state index in [1.165, 1.54) is 5.39 Å². The average Bonchev–Trinajstić information content (AvgIpc) is 2.62. The van der Waals surface area contributed by atoms with Gasteiger partial charge in [-0.05, 0) is 22.4 Å². The predicted octanol–water partition coefficient (Wildman–Crippen LogP) is 4.05. The lowest BCUT2D eigenvalue weighted by Gasteiger charge is -2.19. The molecule has 3 rings (SSSR count). The van der Waals surface area contributed by atoms with Gasteiger partial charge in [-0.2, -0.15) is 0 Å². The van der Waals surface area contributed by atoms with Gasteiger partial charge in [0.25, 0.3) is 0 Å². The Bertz CT molecular complexity index is 857. The van der Waals surface area contributed by atoms with Crippen LogP contribution in [-0.4, -0.2) is 25.0 Å². The fourth-order valence-electron chi connectivity index (χ4n) is 2.84. The maximum atomic E-state index is 12.5. The molecule has 0 bridgehead atoms. The summed E-state index contributed by atoms with van der Waals surface area (Å²) in [4.78, 5) is 14.3. The molecule has 0 heterocycles. The second-order valence-electron chi connectivity index (χ2n) is 5.92. The summed E-state index contributed by atoms with van der Waals surface area (Å²) in [5.74, 6) is 0.902. The molecule has 0 atom stereocenters. The number of fused-ring (bicyclic) bond motifs is 1. The largest absolute Gasteiger partial charge is 0.496 e. The van der Waals surface area contributed by atoms with Crippen molar-refractivity contribution in [1.82, 2.24) is 4.90 Å². The molecule has 3 heteroatoms. The highest BCUT2D eigenvalue weighted by Gasteiger charge is 2.12. The normalized spacial score (nSPS) is 10.6. The number of carbonyl (C=O) groups is 1. The van der Waals surface area contributed by atoms with Crippen molar-refractivity contribution in [1.29, 1.82) is 0 Å². The number of para-hydroxylation sites is 1. The Balaban J connectivity index is 1.71. The zero-order chi connectivity index (χ0) is 16.9. The summed E-state index contributed by atoms with van der Waals surface area (Å²) in [5.41, 5.74) is 2.04. The van der Waals surface area contributed by atoms with Gasteiger partial charge in [-0.1, -0.05) is 60.7 Å². The van der Waals surface area contributed by atoms with E-state index >= 15 is 0 Å². The van der Waals surface area contributed by atoms with Crippen molar-refractivity contribution in [2.45, 2.75) is 13.0 Å². The van der Waals surface area contributed by atoms with Crippen LogP contribution in [0.1, 0.15) is 11.1 Å². The first-order valence-corrected chi connectivity index (χ1v) is 8.01. The molecule has 0 aliphatic carbocycles. The molecule has 3 aromatic rings. The van der Waals surface area contributed by atoms with E-state index in [0.29, 0.717) is 13.0 Å². The van der Waals surface area contributed by atoms with Crippen LogP contribution in [-0.2, 0) is 17.8 Å². The van der Waals surface area contributed by atoms with Crippen molar-refractivity contribution in [2.75, 3.05) is 14.2 Å².